The second kappa shape index (κ2) is 5.72. The monoisotopic (exact) mass is 311 g/mol. The lowest BCUT2D eigenvalue weighted by atomic mass is 10.2. The lowest BCUT2D eigenvalue weighted by molar-refractivity contribution is 0.0688. The molecule has 0 spiro atoms. The van der Waals surface area contributed by atoms with Gasteiger partial charge in [-0.3, -0.25) is 9.48 Å². The summed E-state index contributed by atoms with van der Waals surface area (Å²) in [5.74, 6) is 1.63. The van der Waals surface area contributed by atoms with Crippen molar-refractivity contribution >= 4 is 5.91 Å². The van der Waals surface area contributed by atoms with E-state index in [1.165, 1.54) is 12.8 Å². The van der Waals surface area contributed by atoms with Gasteiger partial charge in [0.05, 0.1) is 6.54 Å². The highest BCUT2D eigenvalue weighted by molar-refractivity contribution is 5.93. The average molecular weight is 311 g/mol. The van der Waals surface area contributed by atoms with Crippen LogP contribution in [0.25, 0.3) is 0 Å². The molecule has 2 aliphatic rings. The van der Waals surface area contributed by atoms with Crippen LogP contribution >= 0.6 is 0 Å². The number of hydrogen-bond donors (Lipinski definition) is 0. The van der Waals surface area contributed by atoms with Gasteiger partial charge in [0, 0.05) is 13.1 Å². The molecule has 1 saturated carbocycles. The van der Waals surface area contributed by atoms with E-state index >= 15 is 0 Å². The third kappa shape index (κ3) is 2.96. The molecule has 2 heterocycles. The Morgan fingerprint density at radius 3 is 2.78 bits per heavy atom. The van der Waals surface area contributed by atoms with Gasteiger partial charge in [-0.2, -0.15) is 5.10 Å². The number of carbonyl (C=O) groups excluding carboxylic acids is 1. The molecular formula is C18H21N3O2. The fourth-order valence-electron chi connectivity index (χ4n) is 3.01. The summed E-state index contributed by atoms with van der Waals surface area (Å²) < 4.78 is 7.74. The van der Waals surface area contributed by atoms with Crippen LogP contribution in [0.15, 0.2) is 36.4 Å². The summed E-state index contributed by atoms with van der Waals surface area (Å²) >= 11 is 0. The minimum absolute atomic E-state index is 0.105. The first-order valence-corrected chi connectivity index (χ1v) is 8.29. The van der Waals surface area contributed by atoms with Crippen LogP contribution in [-0.2, 0) is 6.54 Å². The molecule has 1 fully saturated rings. The predicted octanol–water partition coefficient (Wildman–Crippen LogP) is 2.89. The van der Waals surface area contributed by atoms with Crippen LogP contribution in [0, 0.1) is 5.92 Å². The number of hydrogen-bond acceptors (Lipinski definition) is 3. The van der Waals surface area contributed by atoms with Crippen molar-refractivity contribution in [1.82, 2.24) is 14.7 Å². The van der Waals surface area contributed by atoms with Crippen molar-refractivity contribution in [2.24, 2.45) is 5.92 Å². The molecule has 0 N–H and O–H groups in total. The van der Waals surface area contributed by atoms with E-state index in [9.17, 15) is 4.79 Å². The third-order valence-corrected chi connectivity index (χ3v) is 4.53. The van der Waals surface area contributed by atoms with Gasteiger partial charge < -0.3 is 9.64 Å². The fraction of sp³-hybridized carbons (Fsp3) is 0.444. The van der Waals surface area contributed by atoms with Crippen molar-refractivity contribution in [3.63, 3.8) is 0 Å². The molecule has 2 aromatic rings. The molecule has 1 amide bonds. The van der Waals surface area contributed by atoms with Crippen LogP contribution in [0.1, 0.15) is 42.1 Å². The zero-order chi connectivity index (χ0) is 15.8. The van der Waals surface area contributed by atoms with E-state index in [-0.39, 0.29) is 12.0 Å². The minimum Gasteiger partial charge on any atom is -0.484 e. The summed E-state index contributed by atoms with van der Waals surface area (Å²) in [5.41, 5.74) is 1.50. The summed E-state index contributed by atoms with van der Waals surface area (Å²) in [7, 11) is 0. The molecule has 1 aliphatic carbocycles. The Kier molecular flexibility index (Phi) is 3.56. The second-order valence-electron chi connectivity index (χ2n) is 6.45. The van der Waals surface area contributed by atoms with Crippen LogP contribution in [-0.4, -0.2) is 33.7 Å². The molecule has 1 aromatic heterocycles. The van der Waals surface area contributed by atoms with Crippen molar-refractivity contribution in [3.05, 3.63) is 47.8 Å². The number of nitrogens with zero attached hydrogens (tertiary/aromatic N) is 3. The number of fused-ring (bicyclic) bond motifs is 1. The molecule has 4 rings (SSSR count). The van der Waals surface area contributed by atoms with Gasteiger partial charge in [0.2, 0.25) is 0 Å². The third-order valence-electron chi connectivity index (χ3n) is 4.53. The summed E-state index contributed by atoms with van der Waals surface area (Å²) in [6, 6.07) is 11.6. The molecular weight excluding hydrogens is 290 g/mol. The lowest BCUT2D eigenvalue weighted by Gasteiger charge is -2.27. The Morgan fingerprint density at radius 1 is 1.26 bits per heavy atom. The number of ether oxygens (including phenoxy) is 1. The molecule has 5 heteroatoms. The van der Waals surface area contributed by atoms with Gasteiger partial charge in [-0.1, -0.05) is 18.2 Å². The van der Waals surface area contributed by atoms with Crippen molar-refractivity contribution in [1.29, 1.82) is 0 Å². The van der Waals surface area contributed by atoms with E-state index in [0.717, 1.165) is 31.1 Å². The summed E-state index contributed by atoms with van der Waals surface area (Å²) in [4.78, 5) is 14.6. The highest BCUT2D eigenvalue weighted by Gasteiger charge is 2.32. The largest absolute Gasteiger partial charge is 0.484 e. The van der Waals surface area contributed by atoms with Gasteiger partial charge in [-0.15, -0.1) is 0 Å². The van der Waals surface area contributed by atoms with Gasteiger partial charge in [-0.25, -0.2) is 0 Å². The van der Waals surface area contributed by atoms with Crippen molar-refractivity contribution < 1.29 is 9.53 Å². The molecule has 23 heavy (non-hydrogen) atoms. The van der Waals surface area contributed by atoms with Gasteiger partial charge in [0.1, 0.15) is 23.2 Å². The molecule has 1 aromatic carbocycles. The van der Waals surface area contributed by atoms with E-state index in [2.05, 4.69) is 5.10 Å². The van der Waals surface area contributed by atoms with Gasteiger partial charge in [0.15, 0.2) is 0 Å². The average Bonchev–Trinajstić information content (AvgIpc) is 3.26. The summed E-state index contributed by atoms with van der Waals surface area (Å²) in [6.07, 6.45) is 2.34. The zero-order valence-corrected chi connectivity index (χ0v) is 13.3. The van der Waals surface area contributed by atoms with Crippen LogP contribution < -0.4 is 4.74 Å². The fourth-order valence-corrected chi connectivity index (χ4v) is 3.01. The smallest absolute Gasteiger partial charge is 0.272 e. The second-order valence-corrected chi connectivity index (χ2v) is 6.45. The van der Waals surface area contributed by atoms with Crippen LogP contribution in [0.2, 0.25) is 0 Å². The van der Waals surface area contributed by atoms with Crippen LogP contribution in [0.5, 0.6) is 5.75 Å². The van der Waals surface area contributed by atoms with Crippen LogP contribution in [0.4, 0.5) is 0 Å². The first kappa shape index (κ1) is 14.3. The van der Waals surface area contributed by atoms with Crippen molar-refractivity contribution in [3.8, 4) is 5.75 Å². The maximum absolute atomic E-state index is 12.6. The Morgan fingerprint density at radius 2 is 2.04 bits per heavy atom. The Bertz CT molecular complexity index is 706. The molecule has 1 aliphatic heterocycles. The topological polar surface area (TPSA) is 47.4 Å². The maximum atomic E-state index is 12.6. The molecule has 5 nitrogen and oxygen atoms in total. The van der Waals surface area contributed by atoms with Gasteiger partial charge in [-0.05, 0) is 43.9 Å². The number of para-hydroxylation sites is 1. The first-order valence-electron chi connectivity index (χ1n) is 8.29. The van der Waals surface area contributed by atoms with Gasteiger partial charge >= 0.3 is 0 Å². The number of amides is 1. The van der Waals surface area contributed by atoms with Crippen LogP contribution in [0.3, 0.4) is 0 Å². The number of rotatable bonds is 5. The highest BCUT2D eigenvalue weighted by atomic mass is 16.5. The van der Waals surface area contributed by atoms with E-state index < -0.39 is 0 Å². The number of aromatic nitrogens is 2. The molecule has 1 atom stereocenters. The van der Waals surface area contributed by atoms with E-state index in [1.807, 2.05) is 52.9 Å². The Balaban J connectivity index is 1.50. The Labute approximate surface area is 135 Å². The molecule has 0 saturated heterocycles. The molecule has 120 valence electrons. The quantitative estimate of drug-likeness (QED) is 0.853. The van der Waals surface area contributed by atoms with E-state index in [0.29, 0.717) is 11.6 Å². The maximum Gasteiger partial charge on any atom is 0.272 e. The molecule has 0 bridgehead atoms. The van der Waals surface area contributed by atoms with E-state index in [4.69, 9.17) is 4.74 Å². The number of carbonyl (C=O) groups is 1. The molecule has 0 radical (unpaired) electrons. The number of benzene rings is 1. The summed E-state index contributed by atoms with van der Waals surface area (Å²) in [5, 5.41) is 4.57. The standard InChI is InChI=1S/C18H21N3O2/c1-13(23-15-5-3-2-4-6-15)16-11-17-18(22)20(12-14-7-8-14)9-10-21(17)19-16/h2-6,11,13-14H,7-10,12H2,1H3. The first-order chi connectivity index (χ1) is 11.2. The SMILES string of the molecule is CC(Oc1ccccc1)c1cc2n(n1)CCN(CC1CC1)C2=O. The van der Waals surface area contributed by atoms with Crippen molar-refractivity contribution in [2.75, 3.05) is 13.1 Å². The predicted molar refractivity (Wildman–Crippen MR) is 86.3 cm³/mol. The summed E-state index contributed by atoms with van der Waals surface area (Å²) in [6.45, 7) is 4.40. The minimum atomic E-state index is -0.180. The van der Waals surface area contributed by atoms with Crippen molar-refractivity contribution in [2.45, 2.75) is 32.4 Å². The molecule has 1 unspecified atom stereocenters. The van der Waals surface area contributed by atoms with Gasteiger partial charge in [0.25, 0.3) is 5.91 Å². The van der Waals surface area contributed by atoms with E-state index in [1.54, 1.807) is 0 Å². The normalized spacial score (nSPS) is 18.7. The lowest BCUT2D eigenvalue weighted by Crippen LogP contribution is -2.41. The zero-order valence-electron chi connectivity index (χ0n) is 13.3. The highest BCUT2D eigenvalue weighted by Crippen LogP contribution is 2.31. The Hall–Kier alpha value is -2.30.